The number of nitrogens with one attached hydrogen (secondary N) is 1. The largest absolute Gasteiger partial charge is 0.387 e. The molecule has 0 bridgehead atoms. The van der Waals surface area contributed by atoms with Crippen LogP contribution in [-0.4, -0.2) is 34.3 Å². The van der Waals surface area contributed by atoms with Crippen LogP contribution in [0.5, 0.6) is 0 Å². The standard InChI is InChI=1S/C24H19FN2O4/c25-18-10-8-16(9-11-18)21(28)13-26-22(29)17-5-3-4-15(12-17)14-27-23(30)19-6-1-2-7-20(19)24(27)31/h1-12,21,28H,13-14H2,(H,26,29). The Hall–Kier alpha value is -3.84. The summed E-state index contributed by atoms with van der Waals surface area (Å²) in [6, 6.07) is 18.6. The summed E-state index contributed by atoms with van der Waals surface area (Å²) >= 11 is 0. The maximum atomic E-state index is 13.0. The summed E-state index contributed by atoms with van der Waals surface area (Å²) < 4.78 is 13.0. The predicted molar refractivity (Wildman–Crippen MR) is 111 cm³/mol. The molecule has 1 aliphatic rings. The molecule has 0 spiro atoms. The number of benzene rings is 3. The molecule has 0 fully saturated rings. The summed E-state index contributed by atoms with van der Waals surface area (Å²) in [5.74, 6) is -1.55. The number of carbonyl (C=O) groups is 3. The first-order chi connectivity index (χ1) is 14.9. The lowest BCUT2D eigenvalue weighted by molar-refractivity contribution is 0.0642. The minimum absolute atomic E-state index is 0.0473. The van der Waals surface area contributed by atoms with Crippen molar-refractivity contribution < 1.29 is 23.9 Å². The van der Waals surface area contributed by atoms with E-state index in [4.69, 9.17) is 0 Å². The molecule has 1 aliphatic heterocycles. The first-order valence-corrected chi connectivity index (χ1v) is 9.70. The first kappa shape index (κ1) is 20.4. The number of halogens is 1. The van der Waals surface area contributed by atoms with Crippen LogP contribution in [0.3, 0.4) is 0 Å². The van der Waals surface area contributed by atoms with Gasteiger partial charge in [-0.1, -0.05) is 36.4 Å². The average Bonchev–Trinajstić information content (AvgIpc) is 3.03. The van der Waals surface area contributed by atoms with E-state index in [2.05, 4.69) is 5.32 Å². The summed E-state index contributed by atoms with van der Waals surface area (Å²) in [5, 5.41) is 12.8. The Balaban J connectivity index is 1.41. The summed E-state index contributed by atoms with van der Waals surface area (Å²) in [5.41, 5.74) is 2.19. The fraction of sp³-hybridized carbons (Fsp3) is 0.125. The third-order valence-electron chi connectivity index (χ3n) is 5.12. The van der Waals surface area contributed by atoms with E-state index in [0.29, 0.717) is 27.8 Å². The summed E-state index contributed by atoms with van der Waals surface area (Å²) in [6.07, 6.45) is -0.980. The Morgan fingerprint density at radius 1 is 0.935 bits per heavy atom. The molecule has 4 rings (SSSR count). The maximum absolute atomic E-state index is 13.0. The molecule has 3 aromatic carbocycles. The van der Waals surface area contributed by atoms with Crippen LogP contribution in [0.4, 0.5) is 4.39 Å². The molecule has 1 atom stereocenters. The second kappa shape index (κ2) is 8.49. The van der Waals surface area contributed by atoms with Crippen LogP contribution in [-0.2, 0) is 6.54 Å². The molecule has 0 saturated carbocycles. The van der Waals surface area contributed by atoms with E-state index in [9.17, 15) is 23.9 Å². The Labute approximate surface area is 177 Å². The molecule has 0 saturated heterocycles. The topological polar surface area (TPSA) is 86.7 Å². The minimum atomic E-state index is -0.980. The van der Waals surface area contributed by atoms with Gasteiger partial charge in [-0.05, 0) is 47.5 Å². The van der Waals surface area contributed by atoms with Crippen molar-refractivity contribution in [3.8, 4) is 0 Å². The molecule has 6 nitrogen and oxygen atoms in total. The van der Waals surface area contributed by atoms with Gasteiger partial charge in [0.15, 0.2) is 0 Å². The minimum Gasteiger partial charge on any atom is -0.387 e. The van der Waals surface area contributed by atoms with E-state index >= 15 is 0 Å². The lowest BCUT2D eigenvalue weighted by Crippen LogP contribution is -2.30. The fourth-order valence-electron chi connectivity index (χ4n) is 3.47. The van der Waals surface area contributed by atoms with E-state index < -0.39 is 17.8 Å². The van der Waals surface area contributed by atoms with Gasteiger partial charge in [-0.3, -0.25) is 19.3 Å². The number of imide groups is 1. The molecule has 2 N–H and O–H groups in total. The van der Waals surface area contributed by atoms with Crippen LogP contribution >= 0.6 is 0 Å². The summed E-state index contributed by atoms with van der Waals surface area (Å²) in [4.78, 5) is 38.7. The molecule has 3 amide bonds. The number of hydrogen-bond acceptors (Lipinski definition) is 4. The highest BCUT2D eigenvalue weighted by Crippen LogP contribution is 2.24. The second-order valence-corrected chi connectivity index (χ2v) is 7.22. The molecule has 156 valence electrons. The molecule has 31 heavy (non-hydrogen) atoms. The van der Waals surface area contributed by atoms with Crippen molar-refractivity contribution in [3.63, 3.8) is 0 Å². The zero-order valence-corrected chi connectivity index (χ0v) is 16.4. The normalized spacial score (nSPS) is 13.8. The number of rotatable bonds is 6. The van der Waals surface area contributed by atoms with Crippen LogP contribution < -0.4 is 5.32 Å². The third-order valence-corrected chi connectivity index (χ3v) is 5.12. The maximum Gasteiger partial charge on any atom is 0.261 e. The zero-order valence-electron chi connectivity index (χ0n) is 16.4. The van der Waals surface area contributed by atoms with Gasteiger partial charge in [-0.2, -0.15) is 0 Å². The number of amides is 3. The Morgan fingerprint density at radius 3 is 2.23 bits per heavy atom. The summed E-state index contributed by atoms with van der Waals surface area (Å²) in [7, 11) is 0. The Morgan fingerprint density at radius 2 is 1.58 bits per heavy atom. The number of carbonyl (C=O) groups excluding carboxylic acids is 3. The van der Waals surface area contributed by atoms with Crippen molar-refractivity contribution >= 4 is 17.7 Å². The lowest BCUT2D eigenvalue weighted by atomic mass is 10.1. The molecule has 0 aliphatic carbocycles. The highest BCUT2D eigenvalue weighted by molar-refractivity contribution is 6.21. The quantitative estimate of drug-likeness (QED) is 0.603. The van der Waals surface area contributed by atoms with Gasteiger partial charge in [0.25, 0.3) is 17.7 Å². The summed E-state index contributed by atoms with van der Waals surface area (Å²) in [6.45, 7) is -0.00122. The van der Waals surface area contributed by atoms with Crippen molar-refractivity contribution in [2.75, 3.05) is 6.54 Å². The van der Waals surface area contributed by atoms with Crippen LogP contribution in [0.2, 0.25) is 0 Å². The van der Waals surface area contributed by atoms with Crippen molar-refractivity contribution in [1.29, 1.82) is 0 Å². The fourth-order valence-corrected chi connectivity index (χ4v) is 3.47. The Kier molecular flexibility index (Phi) is 5.60. The van der Waals surface area contributed by atoms with Crippen molar-refractivity contribution in [2.45, 2.75) is 12.6 Å². The first-order valence-electron chi connectivity index (χ1n) is 9.70. The van der Waals surface area contributed by atoms with Gasteiger partial charge < -0.3 is 10.4 Å². The number of nitrogens with zero attached hydrogens (tertiary/aromatic N) is 1. The molecule has 7 heteroatoms. The average molecular weight is 418 g/mol. The van der Waals surface area contributed by atoms with E-state index in [0.717, 1.165) is 4.90 Å². The van der Waals surface area contributed by atoms with E-state index in [1.807, 2.05) is 0 Å². The van der Waals surface area contributed by atoms with Crippen LogP contribution in [0.1, 0.15) is 48.3 Å². The molecule has 3 aromatic rings. The van der Waals surface area contributed by atoms with Crippen molar-refractivity contribution in [3.05, 3.63) is 106 Å². The molecule has 1 unspecified atom stereocenters. The molecule has 1 heterocycles. The zero-order chi connectivity index (χ0) is 22.0. The van der Waals surface area contributed by atoms with E-state index in [-0.39, 0.29) is 24.9 Å². The molecular weight excluding hydrogens is 399 g/mol. The monoisotopic (exact) mass is 418 g/mol. The lowest BCUT2D eigenvalue weighted by Gasteiger charge is -2.15. The SMILES string of the molecule is O=C(NCC(O)c1ccc(F)cc1)c1cccc(CN2C(=O)c3ccccc3C2=O)c1. The van der Waals surface area contributed by atoms with Crippen molar-refractivity contribution in [2.24, 2.45) is 0 Å². The van der Waals surface area contributed by atoms with Gasteiger partial charge in [0.1, 0.15) is 5.82 Å². The van der Waals surface area contributed by atoms with Gasteiger partial charge in [-0.15, -0.1) is 0 Å². The number of hydrogen-bond donors (Lipinski definition) is 2. The number of fused-ring (bicyclic) bond motifs is 1. The molecule has 0 radical (unpaired) electrons. The smallest absolute Gasteiger partial charge is 0.261 e. The number of aliphatic hydroxyl groups is 1. The van der Waals surface area contributed by atoms with Crippen LogP contribution in [0.15, 0.2) is 72.8 Å². The number of aliphatic hydroxyl groups excluding tert-OH is 1. The highest BCUT2D eigenvalue weighted by atomic mass is 19.1. The van der Waals surface area contributed by atoms with Crippen LogP contribution in [0, 0.1) is 5.82 Å². The van der Waals surface area contributed by atoms with Crippen molar-refractivity contribution in [1.82, 2.24) is 10.2 Å². The van der Waals surface area contributed by atoms with Crippen LogP contribution in [0.25, 0.3) is 0 Å². The Bertz CT molecular complexity index is 1130. The highest BCUT2D eigenvalue weighted by Gasteiger charge is 2.35. The third kappa shape index (κ3) is 4.22. The van der Waals surface area contributed by atoms with Gasteiger partial charge in [0.2, 0.25) is 0 Å². The van der Waals surface area contributed by atoms with Gasteiger partial charge in [-0.25, -0.2) is 4.39 Å². The molecular formula is C24H19FN2O4. The predicted octanol–water partition coefficient (Wildman–Crippen LogP) is 3.09. The van der Waals surface area contributed by atoms with E-state index in [1.165, 1.54) is 24.3 Å². The molecule has 0 aromatic heterocycles. The van der Waals surface area contributed by atoms with Gasteiger partial charge in [0, 0.05) is 12.1 Å². The van der Waals surface area contributed by atoms with Gasteiger partial charge in [0.05, 0.1) is 23.8 Å². The van der Waals surface area contributed by atoms with Gasteiger partial charge >= 0.3 is 0 Å². The second-order valence-electron chi connectivity index (χ2n) is 7.22. The van der Waals surface area contributed by atoms with E-state index in [1.54, 1.807) is 48.5 Å².